The van der Waals surface area contributed by atoms with Gasteiger partial charge in [-0.15, -0.1) is 0 Å². The fraction of sp³-hybridized carbons (Fsp3) is 0.467. The Balaban J connectivity index is 2.85. The first-order valence-electron chi connectivity index (χ1n) is 5.90. The van der Waals surface area contributed by atoms with Gasteiger partial charge in [0.25, 0.3) is 0 Å². The van der Waals surface area contributed by atoms with Crippen LogP contribution in [0.25, 0.3) is 0 Å². The van der Waals surface area contributed by atoms with Gasteiger partial charge in [0.2, 0.25) is 0 Å². The van der Waals surface area contributed by atoms with E-state index in [2.05, 4.69) is 53.1 Å². The van der Waals surface area contributed by atoms with Gasteiger partial charge in [-0.25, -0.2) is 0 Å². The minimum absolute atomic E-state index is 0.456. The van der Waals surface area contributed by atoms with Gasteiger partial charge in [0.15, 0.2) is 0 Å². The summed E-state index contributed by atoms with van der Waals surface area (Å²) in [5.41, 5.74) is 9.79. The average molecular weight is 215 g/mol. The summed E-state index contributed by atoms with van der Waals surface area (Å²) in [5, 5.41) is 0. The maximum absolute atomic E-state index is 4.20. The van der Waals surface area contributed by atoms with E-state index in [1.165, 1.54) is 39.2 Å². The molecule has 2 rings (SSSR count). The van der Waals surface area contributed by atoms with Gasteiger partial charge >= 0.3 is 0 Å². The monoisotopic (exact) mass is 215 g/mol. The lowest BCUT2D eigenvalue weighted by Crippen LogP contribution is -2.12. The van der Waals surface area contributed by atoms with Crippen LogP contribution in [0.2, 0.25) is 0 Å². The lowest BCUT2D eigenvalue weighted by molar-refractivity contribution is 0.905. The van der Waals surface area contributed by atoms with E-state index in [9.17, 15) is 0 Å². The largest absolute Gasteiger partial charge is 0.348 e. The minimum atomic E-state index is 0.456. The van der Waals surface area contributed by atoms with Crippen LogP contribution < -0.4 is 4.90 Å². The highest BCUT2D eigenvalue weighted by Crippen LogP contribution is 2.47. The van der Waals surface area contributed by atoms with E-state index in [1.54, 1.807) is 0 Å². The Hall–Kier alpha value is -1.24. The van der Waals surface area contributed by atoms with Crippen LogP contribution in [0.5, 0.6) is 0 Å². The van der Waals surface area contributed by atoms with Crippen LogP contribution in [0.3, 0.4) is 0 Å². The van der Waals surface area contributed by atoms with Crippen molar-refractivity contribution in [2.24, 2.45) is 0 Å². The van der Waals surface area contributed by atoms with Crippen molar-refractivity contribution in [3.63, 3.8) is 0 Å². The average Bonchev–Trinajstić information content (AvgIpc) is 2.48. The second-order valence-electron chi connectivity index (χ2n) is 5.03. The van der Waals surface area contributed by atoms with Gasteiger partial charge in [-0.3, -0.25) is 0 Å². The molecule has 1 aromatic carbocycles. The maximum atomic E-state index is 4.20. The third kappa shape index (κ3) is 1.17. The third-order valence-corrected chi connectivity index (χ3v) is 4.40. The number of hydrogen-bond donors (Lipinski definition) is 0. The maximum Gasteiger partial charge on any atom is 0.0480 e. The van der Waals surface area contributed by atoms with Gasteiger partial charge in [-0.1, -0.05) is 13.5 Å². The highest BCUT2D eigenvalue weighted by atomic mass is 15.1. The Morgan fingerprint density at radius 1 is 0.938 bits per heavy atom. The molecule has 86 valence electrons. The first kappa shape index (κ1) is 11.3. The summed E-state index contributed by atoms with van der Waals surface area (Å²) in [6, 6.07) is 0. The first-order valence-corrected chi connectivity index (χ1v) is 5.90. The number of benzene rings is 1. The number of nitrogens with zero attached hydrogens (tertiary/aromatic N) is 1. The van der Waals surface area contributed by atoms with E-state index in [0.717, 1.165) is 0 Å². The molecule has 0 saturated heterocycles. The van der Waals surface area contributed by atoms with Crippen LogP contribution in [-0.4, -0.2) is 7.05 Å². The van der Waals surface area contributed by atoms with Crippen molar-refractivity contribution < 1.29 is 0 Å². The first-order chi connectivity index (χ1) is 7.37. The molecule has 1 aliphatic heterocycles. The van der Waals surface area contributed by atoms with E-state index in [4.69, 9.17) is 0 Å². The lowest BCUT2D eigenvalue weighted by Gasteiger charge is -2.20. The number of hydrogen-bond acceptors (Lipinski definition) is 1. The molecular formula is C15H21N. The van der Waals surface area contributed by atoms with Crippen molar-refractivity contribution in [2.75, 3.05) is 11.9 Å². The zero-order valence-electron chi connectivity index (χ0n) is 11.2. The Morgan fingerprint density at radius 3 is 2.00 bits per heavy atom. The summed E-state index contributed by atoms with van der Waals surface area (Å²) in [4.78, 5) is 2.26. The van der Waals surface area contributed by atoms with Crippen molar-refractivity contribution in [1.82, 2.24) is 0 Å². The highest BCUT2D eigenvalue weighted by molar-refractivity contribution is 5.75. The number of rotatable bonds is 0. The predicted octanol–water partition coefficient (Wildman–Crippen LogP) is 3.99. The second kappa shape index (κ2) is 3.38. The molecule has 1 atom stereocenters. The molecule has 0 radical (unpaired) electrons. The molecule has 0 fully saturated rings. The van der Waals surface area contributed by atoms with E-state index in [0.29, 0.717) is 5.92 Å². The van der Waals surface area contributed by atoms with Gasteiger partial charge in [0.1, 0.15) is 0 Å². The molecule has 0 N–H and O–H groups in total. The molecule has 0 saturated carbocycles. The van der Waals surface area contributed by atoms with E-state index in [1.807, 2.05) is 0 Å². The molecule has 0 amide bonds. The van der Waals surface area contributed by atoms with Gasteiger partial charge in [0, 0.05) is 24.4 Å². The van der Waals surface area contributed by atoms with Crippen LogP contribution in [0.4, 0.5) is 5.69 Å². The Kier molecular flexibility index (Phi) is 2.37. The van der Waals surface area contributed by atoms with Gasteiger partial charge in [-0.2, -0.15) is 0 Å². The highest BCUT2D eigenvalue weighted by Gasteiger charge is 2.31. The van der Waals surface area contributed by atoms with Crippen LogP contribution in [0.15, 0.2) is 12.3 Å². The molecule has 0 aromatic heterocycles. The van der Waals surface area contributed by atoms with E-state index in [-0.39, 0.29) is 0 Å². The van der Waals surface area contributed by atoms with Crippen molar-refractivity contribution in [2.45, 2.75) is 40.5 Å². The van der Waals surface area contributed by atoms with Crippen molar-refractivity contribution in [3.8, 4) is 0 Å². The van der Waals surface area contributed by atoms with Crippen molar-refractivity contribution in [3.05, 3.63) is 40.1 Å². The van der Waals surface area contributed by atoms with E-state index < -0.39 is 0 Å². The van der Waals surface area contributed by atoms with Gasteiger partial charge < -0.3 is 4.90 Å². The molecule has 1 heterocycles. The predicted molar refractivity (Wildman–Crippen MR) is 71.3 cm³/mol. The molecule has 16 heavy (non-hydrogen) atoms. The molecule has 1 heteroatoms. The summed E-state index contributed by atoms with van der Waals surface area (Å²) >= 11 is 0. The molecule has 0 aliphatic carbocycles. The second-order valence-corrected chi connectivity index (χ2v) is 5.03. The fourth-order valence-corrected chi connectivity index (χ4v) is 2.88. The normalized spacial score (nSPS) is 19.2. The van der Waals surface area contributed by atoms with Crippen molar-refractivity contribution >= 4 is 5.69 Å². The zero-order valence-corrected chi connectivity index (χ0v) is 11.2. The Morgan fingerprint density at radius 2 is 1.44 bits per heavy atom. The number of allylic oxidation sites excluding steroid dienone is 1. The molecule has 1 nitrogen and oxygen atoms in total. The Bertz CT molecular complexity index is 440. The van der Waals surface area contributed by atoms with Crippen LogP contribution >= 0.6 is 0 Å². The lowest BCUT2D eigenvalue weighted by atomic mass is 9.88. The molecular weight excluding hydrogens is 194 g/mol. The van der Waals surface area contributed by atoms with E-state index >= 15 is 0 Å². The molecule has 1 unspecified atom stereocenters. The summed E-state index contributed by atoms with van der Waals surface area (Å²) in [5.74, 6) is 0.456. The van der Waals surface area contributed by atoms with Crippen LogP contribution in [0, 0.1) is 27.7 Å². The van der Waals surface area contributed by atoms with Gasteiger partial charge in [0.05, 0.1) is 0 Å². The zero-order chi connectivity index (χ0) is 12.2. The van der Waals surface area contributed by atoms with Crippen molar-refractivity contribution in [1.29, 1.82) is 0 Å². The summed E-state index contributed by atoms with van der Waals surface area (Å²) in [6.45, 7) is 15.4. The standard InChI is InChI=1S/C15H21N/c1-8-9(2)11(4)15-14(10(8)3)12(5)13(6)16(15)7/h12H,6H2,1-5,7H3. The van der Waals surface area contributed by atoms with Crippen LogP contribution in [-0.2, 0) is 0 Å². The molecule has 0 bridgehead atoms. The summed E-state index contributed by atoms with van der Waals surface area (Å²) < 4.78 is 0. The fourth-order valence-electron chi connectivity index (χ4n) is 2.88. The third-order valence-electron chi connectivity index (χ3n) is 4.40. The quantitative estimate of drug-likeness (QED) is 0.632. The molecule has 0 spiro atoms. The molecule has 1 aromatic rings. The van der Waals surface area contributed by atoms with Crippen LogP contribution in [0.1, 0.15) is 40.7 Å². The van der Waals surface area contributed by atoms with Gasteiger partial charge in [-0.05, 0) is 55.5 Å². The smallest absolute Gasteiger partial charge is 0.0480 e. The Labute approximate surface area is 98.8 Å². The number of anilines is 1. The topological polar surface area (TPSA) is 3.24 Å². The number of fused-ring (bicyclic) bond motifs is 1. The number of likely N-dealkylation sites (N-methyl/N-ethyl adjacent to an activating group) is 1. The SMILES string of the molecule is C=C1C(C)c2c(C)c(C)c(C)c(C)c2N1C. The summed E-state index contributed by atoms with van der Waals surface area (Å²) in [6.07, 6.45) is 0. The minimum Gasteiger partial charge on any atom is -0.348 e. The molecule has 1 aliphatic rings. The summed E-state index contributed by atoms with van der Waals surface area (Å²) in [7, 11) is 2.13.